The fourth-order valence-electron chi connectivity index (χ4n) is 2.35. The molecule has 0 radical (unpaired) electrons. The molecule has 1 aliphatic carbocycles. The zero-order valence-electron chi connectivity index (χ0n) is 13.3. The van der Waals surface area contributed by atoms with Gasteiger partial charge in [0.1, 0.15) is 6.67 Å². The van der Waals surface area contributed by atoms with Crippen LogP contribution in [0.2, 0.25) is 0 Å². The van der Waals surface area contributed by atoms with Crippen molar-refractivity contribution in [1.82, 2.24) is 15.5 Å². The molecule has 2 heterocycles. The summed E-state index contributed by atoms with van der Waals surface area (Å²) in [6.07, 6.45) is 7.99. The molecule has 0 saturated carbocycles. The van der Waals surface area contributed by atoms with Gasteiger partial charge in [-0.25, -0.2) is 4.39 Å². The number of aromatic amines is 1. The van der Waals surface area contributed by atoms with E-state index in [1.807, 2.05) is 25.3 Å². The van der Waals surface area contributed by atoms with E-state index in [1.165, 1.54) is 11.8 Å². The van der Waals surface area contributed by atoms with Gasteiger partial charge >= 0.3 is 0 Å². The molecule has 0 aromatic carbocycles. The second-order valence-electron chi connectivity index (χ2n) is 6.38. The molecule has 2 aliphatic rings. The molecular weight excluding hydrogens is 315 g/mol. The average molecular weight is 334 g/mol. The van der Waals surface area contributed by atoms with Crippen molar-refractivity contribution in [3.8, 4) is 0 Å². The molecule has 1 aliphatic heterocycles. The van der Waals surface area contributed by atoms with Gasteiger partial charge in [-0.2, -0.15) is 5.10 Å². The van der Waals surface area contributed by atoms with Gasteiger partial charge in [0.25, 0.3) is 0 Å². The Hall–Kier alpha value is -1.89. The van der Waals surface area contributed by atoms with Crippen molar-refractivity contribution < 1.29 is 9.18 Å². The Morgan fingerprint density at radius 3 is 2.96 bits per heavy atom. The molecule has 2 atom stereocenters. The third-order valence-electron chi connectivity index (χ3n) is 3.94. The summed E-state index contributed by atoms with van der Waals surface area (Å²) >= 11 is 1.49. The standard InChI is InChI=1S/C16H19FN4OS/c1-9-7-18-21-13(9)10-4-5-11-12(6-10)23-15(19-11)20-14(22)16(2,3)8-17/h4-7,11-12H,8H2,1-3H3,(H,18,21)(H,19,20,22). The molecular formula is C16H19FN4OS. The number of aromatic nitrogens is 2. The molecule has 3 rings (SSSR count). The van der Waals surface area contributed by atoms with Crippen LogP contribution in [-0.4, -0.2) is 39.2 Å². The number of nitrogens with zero attached hydrogens (tertiary/aromatic N) is 2. The molecule has 23 heavy (non-hydrogen) atoms. The second-order valence-corrected chi connectivity index (χ2v) is 7.54. The molecule has 2 unspecified atom stereocenters. The van der Waals surface area contributed by atoms with Crippen LogP contribution in [-0.2, 0) is 4.79 Å². The Balaban J connectivity index is 1.71. The molecule has 1 amide bonds. The lowest BCUT2D eigenvalue weighted by atomic mass is 9.95. The van der Waals surface area contributed by atoms with Crippen LogP contribution in [0.1, 0.15) is 25.1 Å². The number of aliphatic imine (C=N–C) groups is 1. The number of carbonyl (C=O) groups is 1. The number of aryl methyl sites for hydroxylation is 1. The molecule has 5 nitrogen and oxygen atoms in total. The van der Waals surface area contributed by atoms with Gasteiger partial charge in [0.15, 0.2) is 5.17 Å². The predicted molar refractivity (Wildman–Crippen MR) is 90.9 cm³/mol. The normalized spacial score (nSPS) is 23.3. The SMILES string of the molecule is Cc1c[nH]nc1C1=CC2SC(NC(=O)C(C)(C)CF)=NC2C=C1. The molecule has 7 heteroatoms. The van der Waals surface area contributed by atoms with E-state index in [2.05, 4.69) is 26.6 Å². The Kier molecular flexibility index (Phi) is 4.14. The van der Waals surface area contributed by atoms with E-state index < -0.39 is 12.1 Å². The predicted octanol–water partition coefficient (Wildman–Crippen LogP) is 2.62. The highest BCUT2D eigenvalue weighted by Gasteiger charge is 2.34. The van der Waals surface area contributed by atoms with Crippen LogP contribution in [0.4, 0.5) is 4.39 Å². The monoisotopic (exact) mass is 334 g/mol. The van der Waals surface area contributed by atoms with Gasteiger partial charge in [-0.3, -0.25) is 14.9 Å². The summed E-state index contributed by atoms with van der Waals surface area (Å²) in [5.41, 5.74) is 2.02. The number of hydrogen-bond donors (Lipinski definition) is 2. The first kappa shape index (κ1) is 16.0. The van der Waals surface area contributed by atoms with Crippen LogP contribution in [0.5, 0.6) is 0 Å². The van der Waals surface area contributed by atoms with Gasteiger partial charge in [0, 0.05) is 6.20 Å². The molecule has 2 N–H and O–H groups in total. The van der Waals surface area contributed by atoms with Crippen LogP contribution < -0.4 is 5.32 Å². The topological polar surface area (TPSA) is 70.1 Å². The second kappa shape index (κ2) is 5.96. The van der Waals surface area contributed by atoms with E-state index in [9.17, 15) is 9.18 Å². The largest absolute Gasteiger partial charge is 0.305 e. The Bertz CT molecular complexity index is 719. The highest BCUT2D eigenvalue weighted by atomic mass is 32.2. The molecule has 0 fully saturated rings. The third-order valence-corrected chi connectivity index (χ3v) is 5.06. The van der Waals surface area contributed by atoms with E-state index in [1.54, 1.807) is 13.8 Å². The summed E-state index contributed by atoms with van der Waals surface area (Å²) in [4.78, 5) is 16.6. The van der Waals surface area contributed by atoms with E-state index in [0.29, 0.717) is 5.17 Å². The Morgan fingerprint density at radius 1 is 1.52 bits per heavy atom. The summed E-state index contributed by atoms with van der Waals surface area (Å²) in [7, 11) is 0. The van der Waals surface area contributed by atoms with Crippen LogP contribution in [0.15, 0.2) is 29.4 Å². The zero-order chi connectivity index (χ0) is 16.6. The zero-order valence-corrected chi connectivity index (χ0v) is 14.1. The average Bonchev–Trinajstić information content (AvgIpc) is 3.11. The molecule has 0 spiro atoms. The highest BCUT2D eigenvalue weighted by molar-refractivity contribution is 8.14. The van der Waals surface area contributed by atoms with Crippen molar-refractivity contribution >= 4 is 28.4 Å². The lowest BCUT2D eigenvalue weighted by Gasteiger charge is -2.19. The number of fused-ring (bicyclic) bond motifs is 1. The minimum atomic E-state index is -1.04. The number of nitrogens with one attached hydrogen (secondary N) is 2. The van der Waals surface area contributed by atoms with Crippen LogP contribution in [0, 0.1) is 12.3 Å². The number of halogens is 1. The smallest absolute Gasteiger partial charge is 0.234 e. The number of amides is 1. The number of H-pyrrole nitrogens is 1. The van der Waals surface area contributed by atoms with Crippen molar-refractivity contribution in [1.29, 1.82) is 0 Å². The third kappa shape index (κ3) is 3.10. The fraction of sp³-hybridized carbons (Fsp3) is 0.438. The first-order valence-corrected chi connectivity index (χ1v) is 8.31. The number of thioether (sulfide) groups is 1. The fourth-order valence-corrected chi connectivity index (χ4v) is 3.44. The molecule has 1 aromatic heterocycles. The van der Waals surface area contributed by atoms with Gasteiger partial charge in [0.05, 0.1) is 22.4 Å². The molecule has 0 saturated heterocycles. The van der Waals surface area contributed by atoms with E-state index in [4.69, 9.17) is 0 Å². The number of amidine groups is 1. The number of allylic oxidation sites excluding steroid dienone is 2. The van der Waals surface area contributed by atoms with Crippen molar-refractivity contribution in [2.75, 3.05) is 6.67 Å². The van der Waals surface area contributed by atoms with Gasteiger partial charge in [-0.15, -0.1) is 0 Å². The summed E-state index contributed by atoms with van der Waals surface area (Å²) < 4.78 is 12.9. The lowest BCUT2D eigenvalue weighted by molar-refractivity contribution is -0.128. The highest BCUT2D eigenvalue weighted by Crippen LogP contribution is 2.35. The van der Waals surface area contributed by atoms with Crippen LogP contribution in [0.25, 0.3) is 5.57 Å². The number of carbonyl (C=O) groups excluding carboxylic acids is 1. The Labute approximate surface area is 138 Å². The van der Waals surface area contributed by atoms with Crippen molar-refractivity contribution in [2.24, 2.45) is 10.4 Å². The first-order chi connectivity index (χ1) is 10.9. The summed E-state index contributed by atoms with van der Waals surface area (Å²) in [6, 6.07) is -0.00760. The molecule has 0 bridgehead atoms. The van der Waals surface area contributed by atoms with E-state index in [0.717, 1.165) is 16.8 Å². The van der Waals surface area contributed by atoms with E-state index in [-0.39, 0.29) is 17.2 Å². The lowest BCUT2D eigenvalue weighted by Crippen LogP contribution is -2.40. The number of rotatable bonds is 3. The summed E-state index contributed by atoms with van der Waals surface area (Å²) in [6.45, 7) is 4.45. The van der Waals surface area contributed by atoms with Gasteiger partial charge in [-0.05, 0) is 31.9 Å². The van der Waals surface area contributed by atoms with Crippen LogP contribution >= 0.6 is 11.8 Å². The van der Waals surface area contributed by atoms with Crippen molar-refractivity contribution in [3.63, 3.8) is 0 Å². The van der Waals surface area contributed by atoms with Gasteiger partial charge in [0.2, 0.25) is 5.91 Å². The minimum absolute atomic E-state index is 0.00760. The molecule has 122 valence electrons. The summed E-state index contributed by atoms with van der Waals surface area (Å²) in [5, 5.41) is 10.5. The molecule has 1 aromatic rings. The van der Waals surface area contributed by atoms with E-state index >= 15 is 0 Å². The number of alkyl halides is 1. The summed E-state index contributed by atoms with van der Waals surface area (Å²) in [5.74, 6) is -0.346. The van der Waals surface area contributed by atoms with Gasteiger partial charge in [-0.1, -0.05) is 30.0 Å². The Morgan fingerprint density at radius 2 is 2.30 bits per heavy atom. The van der Waals surface area contributed by atoms with Gasteiger partial charge < -0.3 is 5.32 Å². The minimum Gasteiger partial charge on any atom is -0.305 e. The quantitative estimate of drug-likeness (QED) is 0.893. The van der Waals surface area contributed by atoms with Crippen molar-refractivity contribution in [3.05, 3.63) is 35.7 Å². The maximum Gasteiger partial charge on any atom is 0.234 e. The van der Waals surface area contributed by atoms with Crippen LogP contribution in [0.3, 0.4) is 0 Å². The number of hydrogen-bond acceptors (Lipinski definition) is 4. The maximum atomic E-state index is 12.9. The maximum absolute atomic E-state index is 12.9. The van der Waals surface area contributed by atoms with Crippen molar-refractivity contribution in [2.45, 2.75) is 32.1 Å². The first-order valence-electron chi connectivity index (χ1n) is 7.43.